The zero-order chi connectivity index (χ0) is 8.91. The minimum Gasteiger partial charge on any atom is -0.450 e. The van der Waals surface area contributed by atoms with Crippen LogP contribution in [0.1, 0.15) is 20.8 Å². The predicted molar refractivity (Wildman–Crippen MR) is 44.4 cm³/mol. The van der Waals surface area contributed by atoms with Crippen LogP contribution in [0.3, 0.4) is 0 Å². The molecule has 0 fully saturated rings. The van der Waals surface area contributed by atoms with Crippen LogP contribution in [0.4, 0.5) is 4.79 Å². The fraction of sp³-hybridized carbons (Fsp3) is 0.625. The third kappa shape index (κ3) is 4.42. The van der Waals surface area contributed by atoms with Gasteiger partial charge in [-0.25, -0.2) is 4.79 Å². The Labute approximate surface area is 67.4 Å². The Morgan fingerprint density at radius 2 is 2.27 bits per heavy atom. The standard InChI is InChI=1S/C8H15NO2/c1-5-8(3,4)9-7(10)11-6-2/h5H,1,6H2,2-4H3,(H,9,10). The van der Waals surface area contributed by atoms with Gasteiger partial charge in [0.15, 0.2) is 0 Å². The molecule has 0 atom stereocenters. The van der Waals surface area contributed by atoms with Crippen LogP contribution in [-0.4, -0.2) is 18.2 Å². The topological polar surface area (TPSA) is 38.3 Å². The minimum absolute atomic E-state index is 0.388. The highest BCUT2D eigenvalue weighted by Gasteiger charge is 2.15. The van der Waals surface area contributed by atoms with Crippen molar-refractivity contribution in [1.82, 2.24) is 5.32 Å². The molecule has 0 aromatic rings. The molecule has 0 spiro atoms. The Bertz CT molecular complexity index is 152. The maximum atomic E-state index is 10.8. The molecule has 0 aromatic carbocycles. The first-order valence-corrected chi connectivity index (χ1v) is 3.60. The van der Waals surface area contributed by atoms with Crippen molar-refractivity contribution in [3.05, 3.63) is 12.7 Å². The van der Waals surface area contributed by atoms with Crippen molar-refractivity contribution in [3.8, 4) is 0 Å². The largest absolute Gasteiger partial charge is 0.450 e. The fourth-order valence-electron chi connectivity index (χ4n) is 0.481. The zero-order valence-electron chi connectivity index (χ0n) is 7.31. The van der Waals surface area contributed by atoms with Crippen LogP contribution >= 0.6 is 0 Å². The van der Waals surface area contributed by atoms with Crippen LogP contribution < -0.4 is 5.32 Å². The molecule has 0 radical (unpaired) electrons. The normalized spacial score (nSPS) is 10.5. The summed E-state index contributed by atoms with van der Waals surface area (Å²) < 4.78 is 4.68. The Hall–Kier alpha value is -0.990. The molecular weight excluding hydrogens is 142 g/mol. The first-order valence-electron chi connectivity index (χ1n) is 3.60. The zero-order valence-corrected chi connectivity index (χ0v) is 7.31. The molecule has 0 aliphatic carbocycles. The van der Waals surface area contributed by atoms with Crippen molar-refractivity contribution < 1.29 is 9.53 Å². The lowest BCUT2D eigenvalue weighted by Crippen LogP contribution is -2.41. The molecule has 0 saturated heterocycles. The molecule has 1 amide bonds. The third-order valence-electron chi connectivity index (χ3n) is 1.21. The molecular formula is C8H15NO2. The van der Waals surface area contributed by atoms with Gasteiger partial charge in [0.05, 0.1) is 12.1 Å². The fourth-order valence-corrected chi connectivity index (χ4v) is 0.481. The van der Waals surface area contributed by atoms with Crippen LogP contribution in [0.25, 0.3) is 0 Å². The summed E-state index contributed by atoms with van der Waals surface area (Å²) in [6.07, 6.45) is 1.25. The second-order valence-corrected chi connectivity index (χ2v) is 2.77. The highest BCUT2D eigenvalue weighted by molar-refractivity contribution is 5.68. The summed E-state index contributed by atoms with van der Waals surface area (Å²) in [5, 5.41) is 2.63. The van der Waals surface area contributed by atoms with Crippen LogP contribution in [0, 0.1) is 0 Å². The molecule has 3 nitrogen and oxygen atoms in total. The van der Waals surface area contributed by atoms with Crippen LogP contribution in [0.5, 0.6) is 0 Å². The van der Waals surface area contributed by atoms with E-state index in [0.29, 0.717) is 6.61 Å². The van der Waals surface area contributed by atoms with Gasteiger partial charge < -0.3 is 10.1 Å². The number of rotatable bonds is 3. The summed E-state index contributed by atoms with van der Waals surface area (Å²) in [6, 6.07) is 0. The Kier molecular flexibility index (Phi) is 3.65. The molecule has 0 heterocycles. The second kappa shape index (κ2) is 4.01. The van der Waals surface area contributed by atoms with E-state index in [4.69, 9.17) is 0 Å². The van der Waals surface area contributed by atoms with Gasteiger partial charge >= 0.3 is 6.09 Å². The molecule has 3 heteroatoms. The minimum atomic E-state index is -0.405. The van der Waals surface area contributed by atoms with E-state index in [2.05, 4.69) is 16.6 Å². The first-order chi connectivity index (χ1) is 5.02. The van der Waals surface area contributed by atoms with Gasteiger partial charge in [-0.1, -0.05) is 6.08 Å². The molecule has 0 aromatic heterocycles. The summed E-state index contributed by atoms with van der Waals surface area (Å²) in [6.45, 7) is 9.42. The molecule has 0 aliphatic rings. The van der Waals surface area contributed by atoms with Gasteiger partial charge in [0.2, 0.25) is 0 Å². The van der Waals surface area contributed by atoms with E-state index in [1.165, 1.54) is 0 Å². The van der Waals surface area contributed by atoms with Gasteiger partial charge in [0.25, 0.3) is 0 Å². The Morgan fingerprint density at radius 3 is 2.64 bits per heavy atom. The van der Waals surface area contributed by atoms with Crippen molar-refractivity contribution in [3.63, 3.8) is 0 Å². The number of hydrogen-bond donors (Lipinski definition) is 1. The lowest BCUT2D eigenvalue weighted by Gasteiger charge is -2.20. The highest BCUT2D eigenvalue weighted by atomic mass is 16.5. The number of carbonyl (C=O) groups is 1. The maximum Gasteiger partial charge on any atom is 0.407 e. The second-order valence-electron chi connectivity index (χ2n) is 2.77. The predicted octanol–water partition coefficient (Wildman–Crippen LogP) is 1.70. The van der Waals surface area contributed by atoms with E-state index in [9.17, 15) is 4.79 Å². The average Bonchev–Trinajstić information content (AvgIpc) is 1.87. The van der Waals surface area contributed by atoms with Crippen molar-refractivity contribution in [1.29, 1.82) is 0 Å². The van der Waals surface area contributed by atoms with Crippen LogP contribution in [-0.2, 0) is 4.74 Å². The highest BCUT2D eigenvalue weighted by Crippen LogP contribution is 2.02. The van der Waals surface area contributed by atoms with Gasteiger partial charge in [0.1, 0.15) is 0 Å². The molecule has 0 aliphatic heterocycles. The summed E-state index contributed by atoms with van der Waals surface area (Å²) in [5.74, 6) is 0. The van der Waals surface area contributed by atoms with Gasteiger partial charge in [-0.15, -0.1) is 6.58 Å². The number of ether oxygens (including phenoxy) is 1. The molecule has 64 valence electrons. The molecule has 1 N–H and O–H groups in total. The first kappa shape index (κ1) is 10.0. The van der Waals surface area contributed by atoms with Crippen LogP contribution in [0.15, 0.2) is 12.7 Å². The third-order valence-corrected chi connectivity index (χ3v) is 1.21. The van der Waals surface area contributed by atoms with E-state index in [-0.39, 0.29) is 0 Å². The van der Waals surface area contributed by atoms with Gasteiger partial charge in [-0.2, -0.15) is 0 Å². The van der Waals surface area contributed by atoms with E-state index in [1.54, 1.807) is 13.0 Å². The quantitative estimate of drug-likeness (QED) is 0.633. The monoisotopic (exact) mass is 157 g/mol. The lowest BCUT2D eigenvalue weighted by atomic mass is 10.1. The van der Waals surface area contributed by atoms with Crippen molar-refractivity contribution in [2.24, 2.45) is 0 Å². The summed E-state index contributed by atoms with van der Waals surface area (Å²) >= 11 is 0. The molecule has 0 rings (SSSR count). The van der Waals surface area contributed by atoms with Crippen molar-refractivity contribution in [2.45, 2.75) is 26.3 Å². The molecule has 0 bridgehead atoms. The van der Waals surface area contributed by atoms with Crippen LogP contribution in [0.2, 0.25) is 0 Å². The SMILES string of the molecule is C=CC(C)(C)NC(=O)OCC. The Morgan fingerprint density at radius 1 is 1.73 bits per heavy atom. The number of amides is 1. The number of alkyl carbamates (subject to hydrolysis) is 1. The summed E-state index contributed by atoms with van der Waals surface area (Å²) in [4.78, 5) is 10.8. The van der Waals surface area contributed by atoms with E-state index >= 15 is 0 Å². The van der Waals surface area contributed by atoms with E-state index < -0.39 is 11.6 Å². The number of hydrogen-bond acceptors (Lipinski definition) is 2. The van der Waals surface area contributed by atoms with Gasteiger partial charge in [-0.3, -0.25) is 0 Å². The number of carbonyl (C=O) groups excluding carboxylic acids is 1. The summed E-state index contributed by atoms with van der Waals surface area (Å²) in [5.41, 5.74) is -0.397. The van der Waals surface area contributed by atoms with Crippen molar-refractivity contribution >= 4 is 6.09 Å². The van der Waals surface area contributed by atoms with E-state index in [0.717, 1.165) is 0 Å². The van der Waals surface area contributed by atoms with Crippen molar-refractivity contribution in [2.75, 3.05) is 6.61 Å². The van der Waals surface area contributed by atoms with Gasteiger partial charge in [-0.05, 0) is 20.8 Å². The lowest BCUT2D eigenvalue weighted by molar-refractivity contribution is 0.145. The Balaban J connectivity index is 3.83. The molecule has 0 saturated carbocycles. The summed E-state index contributed by atoms with van der Waals surface area (Å²) in [7, 11) is 0. The molecule has 0 unspecified atom stereocenters. The van der Waals surface area contributed by atoms with E-state index in [1.807, 2.05) is 13.8 Å². The number of nitrogens with one attached hydrogen (secondary N) is 1. The van der Waals surface area contributed by atoms with Gasteiger partial charge in [0, 0.05) is 0 Å². The smallest absolute Gasteiger partial charge is 0.407 e. The average molecular weight is 157 g/mol. The molecule has 11 heavy (non-hydrogen) atoms. The maximum absolute atomic E-state index is 10.8.